The second kappa shape index (κ2) is 12.4. The Bertz CT molecular complexity index is 1010. The molecule has 0 saturated carbocycles. The van der Waals surface area contributed by atoms with Crippen molar-refractivity contribution in [1.82, 2.24) is 4.31 Å². The number of carbonyl (C=O) groups is 1. The Morgan fingerprint density at radius 3 is 2.15 bits per heavy atom. The first-order chi connectivity index (χ1) is 16.0. The average molecular weight is 476 g/mol. The molecule has 0 amide bonds. The van der Waals surface area contributed by atoms with Crippen LogP contribution in [-0.2, 0) is 24.3 Å². The molecule has 1 aliphatic heterocycles. The average Bonchev–Trinajstić information content (AvgIpc) is 2.85. The van der Waals surface area contributed by atoms with Crippen molar-refractivity contribution in [3.63, 3.8) is 0 Å². The van der Waals surface area contributed by atoms with Crippen LogP contribution >= 0.6 is 0 Å². The zero-order valence-corrected chi connectivity index (χ0v) is 19.5. The summed E-state index contributed by atoms with van der Waals surface area (Å²) in [6, 6.07) is 13.6. The first-order valence-corrected chi connectivity index (χ1v) is 12.3. The van der Waals surface area contributed by atoms with Crippen molar-refractivity contribution in [2.45, 2.75) is 18.2 Å². The lowest BCUT2D eigenvalue weighted by atomic mass is 10.2. The van der Waals surface area contributed by atoms with Gasteiger partial charge in [0.05, 0.1) is 24.7 Å². The minimum absolute atomic E-state index is 0.105. The van der Waals surface area contributed by atoms with Crippen LogP contribution in [0.3, 0.4) is 0 Å². The fourth-order valence-electron chi connectivity index (χ4n) is 3.05. The second-order valence-corrected chi connectivity index (χ2v) is 9.19. The van der Waals surface area contributed by atoms with Crippen LogP contribution in [0.5, 0.6) is 11.5 Å². The molecule has 0 unspecified atom stereocenters. The summed E-state index contributed by atoms with van der Waals surface area (Å²) >= 11 is 0. The van der Waals surface area contributed by atoms with E-state index in [-0.39, 0.29) is 18.1 Å². The summed E-state index contributed by atoms with van der Waals surface area (Å²) < 4.78 is 48.1. The maximum atomic E-state index is 12.6. The molecule has 3 rings (SSSR count). The van der Waals surface area contributed by atoms with Gasteiger partial charge < -0.3 is 18.9 Å². The van der Waals surface area contributed by atoms with Crippen molar-refractivity contribution in [2.75, 3.05) is 46.1 Å². The zero-order valence-electron chi connectivity index (χ0n) is 18.6. The first kappa shape index (κ1) is 24.8. The molecule has 0 N–H and O–H groups in total. The van der Waals surface area contributed by atoms with Gasteiger partial charge in [-0.3, -0.25) is 0 Å². The number of hydrogen-bond acceptors (Lipinski definition) is 7. The molecule has 8 nitrogen and oxygen atoms in total. The van der Waals surface area contributed by atoms with E-state index in [1.54, 1.807) is 30.3 Å². The van der Waals surface area contributed by atoms with Gasteiger partial charge in [0.1, 0.15) is 24.7 Å². The molecule has 33 heavy (non-hydrogen) atoms. The van der Waals surface area contributed by atoms with Gasteiger partial charge in [-0.15, -0.1) is 0 Å². The third-order valence-corrected chi connectivity index (χ3v) is 6.71. The molecule has 1 fully saturated rings. The van der Waals surface area contributed by atoms with Gasteiger partial charge in [0.15, 0.2) is 0 Å². The smallest absolute Gasteiger partial charge is 0.330 e. The van der Waals surface area contributed by atoms with E-state index in [9.17, 15) is 13.2 Å². The molecule has 9 heteroatoms. The highest BCUT2D eigenvalue weighted by atomic mass is 32.2. The number of morpholine rings is 1. The highest BCUT2D eigenvalue weighted by molar-refractivity contribution is 7.89. The quantitative estimate of drug-likeness (QED) is 0.280. The Labute approximate surface area is 194 Å². The zero-order chi connectivity index (χ0) is 23.5. The Kier molecular flexibility index (Phi) is 9.29. The Balaban J connectivity index is 1.41. The SMILES string of the molecule is CCCOc1ccc(OCCOC(=O)/C=C/c2ccc(S(=O)(=O)N3CCOCC3)cc2)cc1. The van der Waals surface area contributed by atoms with Crippen molar-refractivity contribution in [1.29, 1.82) is 0 Å². The van der Waals surface area contributed by atoms with Crippen molar-refractivity contribution < 1.29 is 32.2 Å². The van der Waals surface area contributed by atoms with Gasteiger partial charge in [0.25, 0.3) is 0 Å². The summed E-state index contributed by atoms with van der Waals surface area (Å²) in [6.07, 6.45) is 3.81. The number of carbonyl (C=O) groups excluding carboxylic acids is 1. The fraction of sp³-hybridized carbons (Fsp3) is 0.375. The van der Waals surface area contributed by atoms with E-state index >= 15 is 0 Å². The normalized spacial score (nSPS) is 14.8. The Hall–Kier alpha value is -2.88. The summed E-state index contributed by atoms with van der Waals surface area (Å²) in [6.45, 7) is 4.53. The number of sulfonamides is 1. The molecule has 0 spiro atoms. The van der Waals surface area contributed by atoms with Crippen LogP contribution < -0.4 is 9.47 Å². The van der Waals surface area contributed by atoms with Gasteiger partial charge in [0, 0.05) is 19.2 Å². The highest BCUT2D eigenvalue weighted by Gasteiger charge is 2.25. The van der Waals surface area contributed by atoms with Gasteiger partial charge in [-0.1, -0.05) is 19.1 Å². The summed E-state index contributed by atoms with van der Waals surface area (Å²) in [5.74, 6) is 0.942. The molecular formula is C24H29NO7S. The molecule has 1 aliphatic rings. The number of benzene rings is 2. The van der Waals surface area contributed by atoms with E-state index in [0.717, 1.165) is 12.2 Å². The molecule has 178 valence electrons. The third kappa shape index (κ3) is 7.59. The highest BCUT2D eigenvalue weighted by Crippen LogP contribution is 2.19. The van der Waals surface area contributed by atoms with Crippen molar-refractivity contribution in [3.05, 3.63) is 60.2 Å². The van der Waals surface area contributed by atoms with E-state index in [4.69, 9.17) is 18.9 Å². The molecule has 1 saturated heterocycles. The molecule has 0 aromatic heterocycles. The lowest BCUT2D eigenvalue weighted by Crippen LogP contribution is -2.40. The number of nitrogens with zero attached hydrogens (tertiary/aromatic N) is 1. The maximum absolute atomic E-state index is 12.6. The molecule has 2 aromatic carbocycles. The predicted octanol–water partition coefficient (Wildman–Crippen LogP) is 3.13. The Morgan fingerprint density at radius 1 is 0.939 bits per heavy atom. The van der Waals surface area contributed by atoms with E-state index in [1.165, 1.54) is 22.5 Å². The van der Waals surface area contributed by atoms with E-state index in [0.29, 0.717) is 44.2 Å². The van der Waals surface area contributed by atoms with Gasteiger partial charge in [-0.25, -0.2) is 13.2 Å². The monoisotopic (exact) mass is 475 g/mol. The fourth-order valence-corrected chi connectivity index (χ4v) is 4.46. The largest absolute Gasteiger partial charge is 0.494 e. The second-order valence-electron chi connectivity index (χ2n) is 7.25. The number of ether oxygens (including phenoxy) is 4. The molecule has 2 aromatic rings. The van der Waals surface area contributed by atoms with Crippen molar-refractivity contribution in [3.8, 4) is 11.5 Å². The van der Waals surface area contributed by atoms with Crippen LogP contribution in [0.25, 0.3) is 6.08 Å². The summed E-state index contributed by atoms with van der Waals surface area (Å²) in [7, 11) is -3.54. The summed E-state index contributed by atoms with van der Waals surface area (Å²) in [5.41, 5.74) is 0.689. The lowest BCUT2D eigenvalue weighted by Gasteiger charge is -2.26. The van der Waals surface area contributed by atoms with E-state index in [2.05, 4.69) is 0 Å². The number of rotatable bonds is 11. The van der Waals surface area contributed by atoms with Crippen LogP contribution in [0.4, 0.5) is 0 Å². The third-order valence-electron chi connectivity index (χ3n) is 4.79. The van der Waals surface area contributed by atoms with Crippen molar-refractivity contribution >= 4 is 22.1 Å². The maximum Gasteiger partial charge on any atom is 0.330 e. The van der Waals surface area contributed by atoms with Gasteiger partial charge in [-0.2, -0.15) is 4.31 Å². The molecule has 0 aliphatic carbocycles. The lowest BCUT2D eigenvalue weighted by molar-refractivity contribution is -0.138. The van der Waals surface area contributed by atoms with Crippen LogP contribution in [0.1, 0.15) is 18.9 Å². The predicted molar refractivity (Wildman–Crippen MR) is 124 cm³/mol. The van der Waals surface area contributed by atoms with Gasteiger partial charge in [0.2, 0.25) is 10.0 Å². The van der Waals surface area contributed by atoms with Crippen molar-refractivity contribution in [2.24, 2.45) is 0 Å². The molecular weight excluding hydrogens is 446 g/mol. The molecule has 1 heterocycles. The number of hydrogen-bond donors (Lipinski definition) is 0. The summed E-state index contributed by atoms with van der Waals surface area (Å²) in [5, 5.41) is 0. The topological polar surface area (TPSA) is 91.4 Å². The Morgan fingerprint density at radius 2 is 1.55 bits per heavy atom. The van der Waals surface area contributed by atoms with Crippen LogP contribution in [0.15, 0.2) is 59.5 Å². The molecule has 0 atom stereocenters. The summed E-state index contributed by atoms with van der Waals surface area (Å²) in [4.78, 5) is 12.1. The minimum atomic E-state index is -3.54. The van der Waals surface area contributed by atoms with E-state index in [1.807, 2.05) is 19.1 Å². The van der Waals surface area contributed by atoms with Crippen LogP contribution in [0, 0.1) is 0 Å². The minimum Gasteiger partial charge on any atom is -0.494 e. The first-order valence-electron chi connectivity index (χ1n) is 10.9. The van der Waals surface area contributed by atoms with E-state index < -0.39 is 16.0 Å². The number of esters is 1. The van der Waals surface area contributed by atoms with Gasteiger partial charge >= 0.3 is 5.97 Å². The standard InChI is InChI=1S/C24H29NO7S/c1-2-15-30-21-6-8-22(9-7-21)31-18-19-32-24(26)12-5-20-3-10-23(11-4-20)33(27,28)25-13-16-29-17-14-25/h3-12H,2,13-19H2,1H3/b12-5+. The van der Waals surface area contributed by atoms with Gasteiger partial charge in [-0.05, 0) is 54.5 Å². The van der Waals surface area contributed by atoms with Crippen LogP contribution in [-0.4, -0.2) is 64.8 Å². The van der Waals surface area contributed by atoms with Crippen LogP contribution in [0.2, 0.25) is 0 Å². The molecule has 0 radical (unpaired) electrons. The molecule has 0 bridgehead atoms.